The maximum Gasteiger partial charge on any atom is 0.345 e. The molecule has 2 saturated heterocycles. The fourth-order valence-corrected chi connectivity index (χ4v) is 6.22. The van der Waals surface area contributed by atoms with Gasteiger partial charge in [0.1, 0.15) is 18.8 Å². The summed E-state index contributed by atoms with van der Waals surface area (Å²) in [5.74, 6) is 0.850. The van der Waals surface area contributed by atoms with Gasteiger partial charge in [0.25, 0.3) is 0 Å². The quantitative estimate of drug-likeness (QED) is 0.531. The number of aromatic nitrogens is 2. The van der Waals surface area contributed by atoms with Crippen molar-refractivity contribution in [3.8, 4) is 0 Å². The van der Waals surface area contributed by atoms with Gasteiger partial charge in [0.05, 0.1) is 6.04 Å². The molecule has 1 aromatic heterocycles. The SMILES string of the molecule is CC(C)(C)[Si](C)(C)O[C@@H](CN)c1nnc([C@@H]2CC3(CC3)[C@@H]3CN2C(=O)N3OCc2ccccc2)o1. The van der Waals surface area contributed by atoms with Gasteiger partial charge in [-0.2, -0.15) is 5.06 Å². The summed E-state index contributed by atoms with van der Waals surface area (Å²) in [4.78, 5) is 21.3. The lowest BCUT2D eigenvalue weighted by Crippen LogP contribution is -2.43. The van der Waals surface area contributed by atoms with E-state index in [2.05, 4.69) is 44.1 Å². The van der Waals surface area contributed by atoms with Gasteiger partial charge in [-0.05, 0) is 48.4 Å². The van der Waals surface area contributed by atoms with Crippen molar-refractivity contribution in [2.75, 3.05) is 13.1 Å². The zero-order chi connectivity index (χ0) is 25.0. The minimum Gasteiger partial charge on any atom is -0.420 e. The molecule has 2 aliphatic heterocycles. The van der Waals surface area contributed by atoms with Crippen LogP contribution in [-0.4, -0.2) is 53.6 Å². The minimum absolute atomic E-state index is 0.0329. The average molecular weight is 500 g/mol. The maximum atomic E-state index is 13.4. The van der Waals surface area contributed by atoms with Crippen LogP contribution in [0.15, 0.2) is 34.7 Å². The van der Waals surface area contributed by atoms with Gasteiger partial charge >= 0.3 is 6.03 Å². The Bertz CT molecular complexity index is 1070. The number of hydrogen-bond donors (Lipinski definition) is 1. The first-order chi connectivity index (χ1) is 16.5. The Morgan fingerprint density at radius 2 is 1.94 bits per heavy atom. The lowest BCUT2D eigenvalue weighted by molar-refractivity contribution is -0.153. The molecule has 3 atom stereocenters. The molecule has 3 heterocycles. The number of nitrogens with zero attached hydrogens (tertiary/aromatic N) is 4. The first kappa shape index (κ1) is 24.4. The van der Waals surface area contributed by atoms with Crippen molar-refractivity contribution in [3.05, 3.63) is 47.7 Å². The number of carbonyl (C=O) groups is 1. The normalized spacial score (nSPS) is 24.3. The van der Waals surface area contributed by atoms with Crippen molar-refractivity contribution in [1.82, 2.24) is 20.2 Å². The molecule has 0 unspecified atom stereocenters. The summed E-state index contributed by atoms with van der Waals surface area (Å²) >= 11 is 0. The van der Waals surface area contributed by atoms with Crippen molar-refractivity contribution in [1.29, 1.82) is 0 Å². The second-order valence-electron chi connectivity index (χ2n) is 11.7. The van der Waals surface area contributed by atoms with Gasteiger partial charge in [0, 0.05) is 13.1 Å². The van der Waals surface area contributed by atoms with Crippen molar-refractivity contribution in [2.45, 2.75) is 83.0 Å². The van der Waals surface area contributed by atoms with Crippen molar-refractivity contribution >= 4 is 14.3 Å². The molecule has 1 spiro atoms. The molecule has 3 fully saturated rings. The molecule has 3 aliphatic rings. The number of nitrogens with two attached hydrogens (primary N) is 1. The summed E-state index contributed by atoms with van der Waals surface area (Å²) in [6.45, 7) is 12.1. The molecular weight excluding hydrogens is 462 g/mol. The van der Waals surface area contributed by atoms with Crippen LogP contribution in [0.2, 0.25) is 18.1 Å². The van der Waals surface area contributed by atoms with Gasteiger partial charge in [-0.15, -0.1) is 10.2 Å². The highest BCUT2D eigenvalue weighted by molar-refractivity contribution is 6.74. The molecule has 35 heavy (non-hydrogen) atoms. The third-order valence-electron chi connectivity index (χ3n) is 8.35. The third kappa shape index (κ3) is 4.41. The van der Waals surface area contributed by atoms with Crippen LogP contribution in [0.5, 0.6) is 0 Å². The number of benzene rings is 1. The molecule has 2 aromatic rings. The van der Waals surface area contributed by atoms with Crippen molar-refractivity contribution in [3.63, 3.8) is 0 Å². The van der Waals surface area contributed by atoms with Crippen molar-refractivity contribution in [2.24, 2.45) is 11.1 Å². The minimum atomic E-state index is -2.08. The smallest absolute Gasteiger partial charge is 0.345 e. The van der Waals surface area contributed by atoms with Crippen molar-refractivity contribution < 1.29 is 18.5 Å². The molecule has 190 valence electrons. The molecule has 10 heteroatoms. The lowest BCUT2D eigenvalue weighted by atomic mass is 9.85. The van der Waals surface area contributed by atoms with Crippen LogP contribution in [0.25, 0.3) is 0 Å². The highest BCUT2D eigenvalue weighted by atomic mass is 28.4. The molecule has 5 rings (SSSR count). The second kappa shape index (κ2) is 8.69. The number of piperidine rings is 1. The van der Waals surface area contributed by atoms with Gasteiger partial charge < -0.3 is 19.5 Å². The van der Waals surface area contributed by atoms with E-state index in [9.17, 15) is 4.79 Å². The van der Waals surface area contributed by atoms with E-state index in [0.717, 1.165) is 24.8 Å². The zero-order valence-electron chi connectivity index (χ0n) is 21.4. The van der Waals surface area contributed by atoms with E-state index < -0.39 is 14.4 Å². The van der Waals surface area contributed by atoms with E-state index in [-0.39, 0.29) is 35.1 Å². The Morgan fingerprint density at radius 3 is 2.57 bits per heavy atom. The number of hydroxylamine groups is 2. The summed E-state index contributed by atoms with van der Waals surface area (Å²) in [7, 11) is -2.08. The number of carbonyl (C=O) groups excluding carboxylic acids is 1. The predicted octanol–water partition coefficient (Wildman–Crippen LogP) is 4.55. The number of fused-ring (bicyclic) bond motifs is 3. The Balaban J connectivity index is 1.33. The maximum absolute atomic E-state index is 13.4. The van der Waals surface area contributed by atoms with E-state index in [1.807, 2.05) is 35.2 Å². The zero-order valence-corrected chi connectivity index (χ0v) is 22.4. The van der Waals surface area contributed by atoms with Crippen LogP contribution >= 0.6 is 0 Å². The molecular formula is C25H37N5O4Si. The van der Waals surface area contributed by atoms with E-state index in [0.29, 0.717) is 24.9 Å². The summed E-state index contributed by atoms with van der Waals surface area (Å²) in [5.41, 5.74) is 7.14. The first-order valence-corrected chi connectivity index (χ1v) is 15.4. The molecule has 2 amide bonds. The summed E-state index contributed by atoms with van der Waals surface area (Å²) in [5, 5.41) is 10.3. The molecule has 9 nitrogen and oxygen atoms in total. The topological polar surface area (TPSA) is 107 Å². The summed E-state index contributed by atoms with van der Waals surface area (Å²) in [6.07, 6.45) is 2.48. The van der Waals surface area contributed by atoms with Crippen LogP contribution in [0.1, 0.15) is 69.5 Å². The van der Waals surface area contributed by atoms with E-state index in [1.165, 1.54) is 0 Å². The highest BCUT2D eigenvalue weighted by Gasteiger charge is 2.64. The standard InChI is InChI=1S/C25H37N5O4Si/c1-24(2,3)35(4,5)34-19(14-26)22-28-27-21(33-22)18-13-25(11-12-25)20-15-29(18)23(31)30(20)32-16-17-9-7-6-8-10-17/h6-10,18-20H,11-16,26H2,1-5H3/t18-,19-,20-/m0/s1. The Morgan fingerprint density at radius 1 is 1.23 bits per heavy atom. The molecule has 1 aliphatic carbocycles. The number of rotatable bonds is 8. The van der Waals surface area contributed by atoms with E-state index in [1.54, 1.807) is 5.06 Å². The van der Waals surface area contributed by atoms with Crippen LogP contribution in [0.3, 0.4) is 0 Å². The molecule has 2 bridgehead atoms. The second-order valence-corrected chi connectivity index (χ2v) is 16.5. The monoisotopic (exact) mass is 499 g/mol. The average Bonchev–Trinajstić information content (AvgIpc) is 3.29. The lowest BCUT2D eigenvalue weighted by Gasteiger charge is -2.38. The van der Waals surface area contributed by atoms with Crippen LogP contribution in [0, 0.1) is 5.41 Å². The molecule has 2 N–H and O–H groups in total. The van der Waals surface area contributed by atoms with Gasteiger partial charge in [-0.1, -0.05) is 51.1 Å². The summed E-state index contributed by atoms with van der Waals surface area (Å²) in [6, 6.07) is 9.58. The number of hydrogen-bond acceptors (Lipinski definition) is 7. The number of urea groups is 1. The van der Waals surface area contributed by atoms with Gasteiger partial charge in [0.2, 0.25) is 11.8 Å². The first-order valence-electron chi connectivity index (χ1n) is 12.5. The van der Waals surface area contributed by atoms with Crippen LogP contribution in [0.4, 0.5) is 4.79 Å². The fourth-order valence-electron chi connectivity index (χ4n) is 4.96. The Kier molecular flexibility index (Phi) is 6.06. The Labute approximate surface area is 208 Å². The van der Waals surface area contributed by atoms with Crippen LogP contribution < -0.4 is 5.73 Å². The van der Waals surface area contributed by atoms with Gasteiger partial charge in [0.15, 0.2) is 8.32 Å². The van der Waals surface area contributed by atoms with Gasteiger partial charge in [-0.25, -0.2) is 4.79 Å². The Hall–Kier alpha value is -2.27. The van der Waals surface area contributed by atoms with Crippen LogP contribution in [-0.2, 0) is 15.9 Å². The van der Waals surface area contributed by atoms with E-state index >= 15 is 0 Å². The largest absolute Gasteiger partial charge is 0.420 e. The summed E-state index contributed by atoms with van der Waals surface area (Å²) < 4.78 is 12.6. The molecule has 0 radical (unpaired) electrons. The number of amides is 2. The molecule has 1 aromatic carbocycles. The van der Waals surface area contributed by atoms with E-state index in [4.69, 9.17) is 19.4 Å². The highest BCUT2D eigenvalue weighted by Crippen LogP contribution is 2.61. The third-order valence-corrected chi connectivity index (χ3v) is 12.8. The molecule has 1 saturated carbocycles. The van der Waals surface area contributed by atoms with Gasteiger partial charge in [-0.3, -0.25) is 4.84 Å². The fraction of sp³-hybridized carbons (Fsp3) is 0.640. The predicted molar refractivity (Wildman–Crippen MR) is 132 cm³/mol.